The van der Waals surface area contributed by atoms with Crippen LogP contribution in [-0.2, 0) is 4.74 Å². The molecule has 1 N–H and O–H groups in total. The van der Waals surface area contributed by atoms with Crippen LogP contribution in [0.1, 0.15) is 30.1 Å². The highest BCUT2D eigenvalue weighted by Gasteiger charge is 2.06. The van der Waals surface area contributed by atoms with Crippen LogP contribution in [0.2, 0.25) is 5.02 Å². The number of nitrogens with one attached hydrogen (secondary N) is 1. The molecule has 18 heavy (non-hydrogen) atoms. The summed E-state index contributed by atoms with van der Waals surface area (Å²) < 4.78 is 6.08. The summed E-state index contributed by atoms with van der Waals surface area (Å²) in [4.78, 5) is 11.8. The zero-order valence-electron chi connectivity index (χ0n) is 10.3. The summed E-state index contributed by atoms with van der Waals surface area (Å²) in [6.07, 6.45) is 2.17. The van der Waals surface area contributed by atoms with Gasteiger partial charge in [0.1, 0.15) is 0 Å². The molecule has 0 atom stereocenters. The van der Waals surface area contributed by atoms with E-state index in [-0.39, 0.29) is 5.91 Å². The van der Waals surface area contributed by atoms with Gasteiger partial charge in [-0.05, 0) is 40.5 Å². The second kappa shape index (κ2) is 8.51. The molecule has 0 radical (unpaired) electrons. The van der Waals surface area contributed by atoms with Crippen LogP contribution >= 0.6 is 27.5 Å². The summed E-state index contributed by atoms with van der Waals surface area (Å²) in [6, 6.07) is 5.09. The Morgan fingerprint density at radius 1 is 1.44 bits per heavy atom. The van der Waals surface area contributed by atoms with Crippen LogP contribution in [0.3, 0.4) is 0 Å². The Hall–Kier alpha value is -0.580. The van der Waals surface area contributed by atoms with E-state index < -0.39 is 0 Å². The molecular formula is C13H17BrClNO2. The Morgan fingerprint density at radius 2 is 2.22 bits per heavy atom. The fraction of sp³-hybridized carbons (Fsp3) is 0.462. The molecule has 0 aliphatic heterocycles. The third kappa shape index (κ3) is 5.38. The van der Waals surface area contributed by atoms with Crippen LogP contribution in [0.4, 0.5) is 0 Å². The second-order valence-electron chi connectivity index (χ2n) is 3.85. The average molecular weight is 335 g/mol. The molecule has 5 heteroatoms. The molecule has 1 amide bonds. The summed E-state index contributed by atoms with van der Waals surface area (Å²) >= 11 is 9.15. The molecule has 0 spiro atoms. The molecule has 0 bridgehead atoms. The third-order valence-electron chi connectivity index (χ3n) is 2.36. The minimum absolute atomic E-state index is 0.119. The number of hydrogen-bond acceptors (Lipinski definition) is 2. The lowest BCUT2D eigenvalue weighted by Crippen LogP contribution is -2.27. The fourth-order valence-corrected chi connectivity index (χ4v) is 1.82. The maximum absolute atomic E-state index is 11.8. The van der Waals surface area contributed by atoms with E-state index in [1.54, 1.807) is 18.2 Å². The number of rotatable bonds is 7. The van der Waals surface area contributed by atoms with Crippen molar-refractivity contribution in [2.75, 3.05) is 19.8 Å². The monoisotopic (exact) mass is 333 g/mol. The van der Waals surface area contributed by atoms with Gasteiger partial charge in [-0.15, -0.1) is 0 Å². The van der Waals surface area contributed by atoms with E-state index in [1.807, 2.05) is 0 Å². The molecule has 0 aliphatic carbocycles. The molecule has 0 saturated carbocycles. The van der Waals surface area contributed by atoms with Gasteiger partial charge in [0.05, 0.1) is 11.6 Å². The molecule has 0 aromatic heterocycles. The van der Waals surface area contributed by atoms with E-state index >= 15 is 0 Å². The van der Waals surface area contributed by atoms with Gasteiger partial charge in [0.2, 0.25) is 0 Å². The van der Waals surface area contributed by atoms with Crippen molar-refractivity contribution in [1.29, 1.82) is 0 Å². The maximum atomic E-state index is 11.8. The van der Waals surface area contributed by atoms with E-state index in [4.69, 9.17) is 16.3 Å². The van der Waals surface area contributed by atoms with Crippen molar-refractivity contribution in [1.82, 2.24) is 5.32 Å². The number of carbonyl (C=O) groups excluding carboxylic acids is 1. The van der Waals surface area contributed by atoms with Crippen molar-refractivity contribution in [3.8, 4) is 0 Å². The number of carbonyl (C=O) groups is 1. The lowest BCUT2D eigenvalue weighted by Gasteiger charge is -2.07. The zero-order chi connectivity index (χ0) is 13.4. The first kappa shape index (κ1) is 15.5. The Bertz CT molecular complexity index is 399. The van der Waals surface area contributed by atoms with Crippen molar-refractivity contribution in [2.45, 2.75) is 19.8 Å². The van der Waals surface area contributed by atoms with Crippen molar-refractivity contribution in [3.05, 3.63) is 33.3 Å². The van der Waals surface area contributed by atoms with Gasteiger partial charge in [0.25, 0.3) is 5.91 Å². The van der Waals surface area contributed by atoms with Crippen molar-refractivity contribution < 1.29 is 9.53 Å². The molecule has 0 fully saturated rings. The number of halogens is 2. The van der Waals surface area contributed by atoms with Crippen LogP contribution in [0.25, 0.3) is 0 Å². The first-order valence-corrected chi connectivity index (χ1v) is 7.13. The topological polar surface area (TPSA) is 38.3 Å². The highest BCUT2D eigenvalue weighted by atomic mass is 79.9. The first-order chi connectivity index (χ1) is 8.65. The highest BCUT2D eigenvalue weighted by Crippen LogP contribution is 2.23. The van der Waals surface area contributed by atoms with Gasteiger partial charge >= 0.3 is 0 Å². The standard InChI is InChI=1S/C13H17BrClNO2/c1-2-3-7-18-8-6-16-13(17)10-4-5-12(15)11(14)9-10/h4-5,9H,2-3,6-8H2,1H3,(H,16,17). The fourth-order valence-electron chi connectivity index (χ4n) is 1.32. The number of hydrogen-bond donors (Lipinski definition) is 1. The SMILES string of the molecule is CCCCOCCNC(=O)c1ccc(Cl)c(Br)c1. The molecule has 0 heterocycles. The molecule has 1 rings (SSSR count). The third-order valence-corrected chi connectivity index (χ3v) is 3.57. The molecule has 100 valence electrons. The average Bonchev–Trinajstić information content (AvgIpc) is 2.36. The Kier molecular flexibility index (Phi) is 7.32. The van der Waals surface area contributed by atoms with Gasteiger partial charge < -0.3 is 10.1 Å². The van der Waals surface area contributed by atoms with Crippen molar-refractivity contribution in [2.24, 2.45) is 0 Å². The van der Waals surface area contributed by atoms with E-state index in [2.05, 4.69) is 28.2 Å². The molecule has 1 aromatic carbocycles. The summed E-state index contributed by atoms with van der Waals surface area (Å²) in [7, 11) is 0. The maximum Gasteiger partial charge on any atom is 0.251 e. The largest absolute Gasteiger partial charge is 0.380 e. The van der Waals surface area contributed by atoms with Gasteiger partial charge in [-0.25, -0.2) is 0 Å². The first-order valence-electron chi connectivity index (χ1n) is 5.96. The Balaban J connectivity index is 2.30. The summed E-state index contributed by atoms with van der Waals surface area (Å²) in [5.74, 6) is -0.119. The van der Waals surface area contributed by atoms with Gasteiger partial charge in [0.15, 0.2) is 0 Å². The minimum Gasteiger partial charge on any atom is -0.380 e. The number of amides is 1. The molecule has 0 unspecified atom stereocenters. The Labute approximate surface area is 121 Å². The number of benzene rings is 1. The minimum atomic E-state index is -0.119. The van der Waals surface area contributed by atoms with Crippen LogP contribution in [0.15, 0.2) is 22.7 Å². The Morgan fingerprint density at radius 3 is 2.89 bits per heavy atom. The van der Waals surface area contributed by atoms with Crippen molar-refractivity contribution >= 4 is 33.4 Å². The summed E-state index contributed by atoms with van der Waals surface area (Å²) in [6.45, 7) is 3.92. The number of unbranched alkanes of at least 4 members (excludes halogenated alkanes) is 1. The molecular weight excluding hydrogens is 318 g/mol. The van der Waals surface area contributed by atoms with Crippen LogP contribution < -0.4 is 5.32 Å². The van der Waals surface area contributed by atoms with Crippen LogP contribution in [-0.4, -0.2) is 25.7 Å². The van der Waals surface area contributed by atoms with Gasteiger partial charge in [-0.3, -0.25) is 4.79 Å². The highest BCUT2D eigenvalue weighted by molar-refractivity contribution is 9.10. The summed E-state index contributed by atoms with van der Waals surface area (Å²) in [5.41, 5.74) is 0.583. The molecule has 0 aliphatic rings. The quantitative estimate of drug-likeness (QED) is 0.773. The smallest absolute Gasteiger partial charge is 0.251 e. The van der Waals surface area contributed by atoms with E-state index in [1.165, 1.54) is 0 Å². The van der Waals surface area contributed by atoms with Crippen LogP contribution in [0, 0.1) is 0 Å². The van der Waals surface area contributed by atoms with Crippen LogP contribution in [0.5, 0.6) is 0 Å². The molecule has 0 saturated heterocycles. The predicted octanol–water partition coefficient (Wildman–Crippen LogP) is 3.65. The van der Waals surface area contributed by atoms with E-state index in [0.29, 0.717) is 23.7 Å². The lowest BCUT2D eigenvalue weighted by atomic mass is 10.2. The van der Waals surface area contributed by atoms with Gasteiger partial charge in [0, 0.05) is 23.2 Å². The van der Waals surface area contributed by atoms with Crippen molar-refractivity contribution in [3.63, 3.8) is 0 Å². The zero-order valence-corrected chi connectivity index (χ0v) is 12.7. The molecule has 1 aromatic rings. The molecule has 3 nitrogen and oxygen atoms in total. The van der Waals surface area contributed by atoms with E-state index in [9.17, 15) is 4.79 Å². The normalized spacial score (nSPS) is 10.4. The second-order valence-corrected chi connectivity index (χ2v) is 5.11. The predicted molar refractivity (Wildman–Crippen MR) is 77.2 cm³/mol. The number of ether oxygens (including phenoxy) is 1. The lowest BCUT2D eigenvalue weighted by molar-refractivity contribution is 0.0912. The van der Waals surface area contributed by atoms with Gasteiger partial charge in [-0.2, -0.15) is 0 Å². The van der Waals surface area contributed by atoms with Gasteiger partial charge in [-0.1, -0.05) is 24.9 Å². The summed E-state index contributed by atoms with van der Waals surface area (Å²) in [5, 5.41) is 3.39. The van der Waals surface area contributed by atoms with E-state index in [0.717, 1.165) is 23.9 Å².